The Kier molecular flexibility index (Phi) is 11.3. The molecule has 2 heterocycles. The zero-order valence-corrected chi connectivity index (χ0v) is 23.3. The molecule has 2 aromatic rings. The molecular weight excluding hydrogens is 500 g/mol. The van der Waals surface area contributed by atoms with E-state index < -0.39 is 11.9 Å². The number of fused-ring (bicyclic) bond motifs is 2. The third-order valence-electron chi connectivity index (χ3n) is 8.11. The first-order valence-corrected chi connectivity index (χ1v) is 14.6. The number of rotatable bonds is 4. The lowest BCUT2D eigenvalue weighted by atomic mass is 10.0. The van der Waals surface area contributed by atoms with Gasteiger partial charge in [-0.05, 0) is 99.8 Å². The van der Waals surface area contributed by atoms with Crippen LogP contribution in [0.2, 0.25) is 0 Å². The van der Waals surface area contributed by atoms with Crippen molar-refractivity contribution in [2.45, 2.75) is 63.5 Å². The van der Waals surface area contributed by atoms with E-state index in [2.05, 4.69) is 82.6 Å². The van der Waals surface area contributed by atoms with E-state index in [-0.39, 0.29) is 0 Å². The first kappa shape index (κ1) is 29.5. The van der Waals surface area contributed by atoms with Gasteiger partial charge in [-0.15, -0.1) is 0 Å². The van der Waals surface area contributed by atoms with Crippen molar-refractivity contribution in [1.82, 2.24) is 9.80 Å². The molecule has 2 aromatic carbocycles. The molecule has 2 unspecified atom stereocenters. The van der Waals surface area contributed by atoms with Gasteiger partial charge < -0.3 is 10.2 Å². The summed E-state index contributed by atoms with van der Waals surface area (Å²) in [5, 5.41) is 15.6. The molecule has 40 heavy (non-hydrogen) atoms. The van der Waals surface area contributed by atoms with E-state index >= 15 is 0 Å². The monoisotopic (exact) mass is 542 g/mol. The van der Waals surface area contributed by atoms with Crippen LogP contribution in [-0.4, -0.2) is 70.2 Å². The molecule has 2 aliphatic carbocycles. The van der Waals surface area contributed by atoms with Crippen LogP contribution in [0.4, 0.5) is 0 Å². The molecule has 2 saturated heterocycles. The Morgan fingerprint density at radius 2 is 1.00 bits per heavy atom. The molecule has 212 valence electrons. The van der Waals surface area contributed by atoms with Gasteiger partial charge >= 0.3 is 11.9 Å². The van der Waals surface area contributed by atoms with Crippen LogP contribution in [0.25, 0.3) is 12.2 Å². The van der Waals surface area contributed by atoms with Gasteiger partial charge in [-0.25, -0.2) is 9.59 Å². The molecule has 0 amide bonds. The van der Waals surface area contributed by atoms with Crippen molar-refractivity contribution < 1.29 is 19.8 Å². The SMILES string of the molecule is C1=CC(N2CCCC2)CCc2ccccc21.C1=CC(N2CCCC2)CCc2ccccc21.O=C(O)C=CC(=O)O. The van der Waals surface area contributed by atoms with Crippen LogP contribution in [0.3, 0.4) is 0 Å². The van der Waals surface area contributed by atoms with Crippen LogP contribution >= 0.6 is 0 Å². The molecule has 2 aliphatic heterocycles. The number of carboxylic acids is 2. The van der Waals surface area contributed by atoms with Crippen molar-refractivity contribution in [3.63, 3.8) is 0 Å². The molecule has 6 nitrogen and oxygen atoms in total. The highest BCUT2D eigenvalue weighted by atomic mass is 16.4. The van der Waals surface area contributed by atoms with E-state index in [1.807, 2.05) is 0 Å². The van der Waals surface area contributed by atoms with Crippen LogP contribution < -0.4 is 0 Å². The highest BCUT2D eigenvalue weighted by Crippen LogP contribution is 2.25. The van der Waals surface area contributed by atoms with Crippen molar-refractivity contribution >= 4 is 24.1 Å². The van der Waals surface area contributed by atoms with Crippen molar-refractivity contribution in [3.05, 3.63) is 95.1 Å². The number of likely N-dealkylation sites (tertiary alicyclic amines) is 2. The van der Waals surface area contributed by atoms with Crippen LogP contribution in [-0.2, 0) is 22.4 Å². The zero-order valence-electron chi connectivity index (χ0n) is 23.3. The zero-order chi connectivity index (χ0) is 28.2. The Morgan fingerprint density at radius 3 is 1.38 bits per heavy atom. The molecule has 6 rings (SSSR count). The quantitative estimate of drug-likeness (QED) is 0.466. The lowest BCUT2D eigenvalue weighted by Crippen LogP contribution is -2.31. The molecule has 2 fully saturated rings. The third-order valence-corrected chi connectivity index (χ3v) is 8.11. The van der Waals surface area contributed by atoms with Gasteiger partial charge in [-0.1, -0.05) is 72.8 Å². The van der Waals surface area contributed by atoms with Gasteiger partial charge in [-0.2, -0.15) is 0 Å². The van der Waals surface area contributed by atoms with Gasteiger partial charge in [0.1, 0.15) is 0 Å². The molecule has 2 N–H and O–H groups in total. The Morgan fingerprint density at radius 1 is 0.625 bits per heavy atom. The van der Waals surface area contributed by atoms with Gasteiger partial charge in [0.2, 0.25) is 0 Å². The lowest BCUT2D eigenvalue weighted by molar-refractivity contribution is -0.134. The van der Waals surface area contributed by atoms with E-state index in [1.165, 1.54) is 99.8 Å². The Balaban J connectivity index is 0.000000148. The number of aliphatic carboxylic acids is 2. The molecule has 0 bridgehead atoms. The van der Waals surface area contributed by atoms with Crippen LogP contribution in [0.15, 0.2) is 72.8 Å². The third kappa shape index (κ3) is 9.04. The van der Waals surface area contributed by atoms with Gasteiger partial charge in [0.05, 0.1) is 0 Å². The molecule has 0 saturated carbocycles. The summed E-state index contributed by atoms with van der Waals surface area (Å²) >= 11 is 0. The number of hydrogen-bond donors (Lipinski definition) is 2. The minimum absolute atomic E-state index is 0.558. The molecule has 0 radical (unpaired) electrons. The van der Waals surface area contributed by atoms with E-state index in [0.717, 1.165) is 0 Å². The molecular formula is C34H42N2O4. The van der Waals surface area contributed by atoms with Crippen LogP contribution in [0.1, 0.15) is 60.8 Å². The fourth-order valence-electron chi connectivity index (χ4n) is 5.98. The Bertz CT molecular complexity index is 1110. The summed E-state index contributed by atoms with van der Waals surface area (Å²) in [4.78, 5) is 24.4. The van der Waals surface area contributed by atoms with Gasteiger partial charge in [-0.3, -0.25) is 9.80 Å². The predicted octanol–water partition coefficient (Wildman–Crippen LogP) is 5.93. The fraction of sp³-hybridized carbons (Fsp3) is 0.412. The summed E-state index contributed by atoms with van der Waals surface area (Å²) in [5.74, 6) is -2.51. The summed E-state index contributed by atoms with van der Waals surface area (Å²) < 4.78 is 0. The van der Waals surface area contributed by atoms with E-state index in [4.69, 9.17) is 10.2 Å². The molecule has 6 heteroatoms. The normalized spacial score (nSPS) is 22.2. The van der Waals surface area contributed by atoms with E-state index in [0.29, 0.717) is 24.2 Å². The Labute approximate surface area is 238 Å². The number of benzene rings is 2. The first-order chi connectivity index (χ1) is 19.5. The van der Waals surface area contributed by atoms with E-state index in [1.54, 1.807) is 0 Å². The summed E-state index contributed by atoms with van der Waals surface area (Å²) in [5.41, 5.74) is 5.87. The highest BCUT2D eigenvalue weighted by Gasteiger charge is 2.22. The maximum absolute atomic E-state index is 9.55. The maximum Gasteiger partial charge on any atom is 0.328 e. The number of aryl methyl sites for hydroxylation is 2. The maximum atomic E-state index is 9.55. The molecule has 0 spiro atoms. The minimum atomic E-state index is -1.26. The smallest absolute Gasteiger partial charge is 0.328 e. The average molecular weight is 543 g/mol. The topological polar surface area (TPSA) is 81.1 Å². The fourth-order valence-corrected chi connectivity index (χ4v) is 5.98. The number of carboxylic acid groups (broad SMARTS) is 2. The first-order valence-electron chi connectivity index (χ1n) is 14.6. The summed E-state index contributed by atoms with van der Waals surface area (Å²) in [6.45, 7) is 5.19. The van der Waals surface area contributed by atoms with Gasteiger partial charge in [0.15, 0.2) is 0 Å². The minimum Gasteiger partial charge on any atom is -0.478 e. The van der Waals surface area contributed by atoms with E-state index in [9.17, 15) is 9.59 Å². The van der Waals surface area contributed by atoms with Crippen LogP contribution in [0, 0.1) is 0 Å². The largest absolute Gasteiger partial charge is 0.478 e. The second kappa shape index (κ2) is 15.3. The van der Waals surface area contributed by atoms with Crippen molar-refractivity contribution in [3.8, 4) is 0 Å². The Hall–Kier alpha value is -3.48. The second-order valence-electron chi connectivity index (χ2n) is 10.8. The summed E-state index contributed by atoms with van der Waals surface area (Å²) in [6.07, 6.45) is 21.2. The number of carbonyl (C=O) groups is 2. The average Bonchev–Trinajstić information content (AvgIpc) is 3.61. The standard InChI is InChI=1S/2C15H19N.C4H4O4/c2*1-2-6-14-8-10-15(9-7-13(14)5-1)16-11-3-4-12-16;5-3(6)1-2-4(7)8/h2*1-2,5-7,9,15H,3-4,8,10-12H2;1-2H,(H,5,6)(H,7,8). The van der Waals surface area contributed by atoms with Crippen LogP contribution in [0.5, 0.6) is 0 Å². The second-order valence-corrected chi connectivity index (χ2v) is 10.8. The molecule has 2 atom stereocenters. The highest BCUT2D eigenvalue weighted by molar-refractivity contribution is 5.89. The van der Waals surface area contributed by atoms with Crippen molar-refractivity contribution in [2.24, 2.45) is 0 Å². The summed E-state index contributed by atoms with van der Waals surface area (Å²) in [6, 6.07) is 18.9. The number of nitrogens with zero attached hydrogens (tertiary/aromatic N) is 2. The van der Waals surface area contributed by atoms with Gasteiger partial charge in [0, 0.05) is 24.2 Å². The van der Waals surface area contributed by atoms with Crippen molar-refractivity contribution in [2.75, 3.05) is 26.2 Å². The summed E-state index contributed by atoms with van der Waals surface area (Å²) in [7, 11) is 0. The number of hydrogen-bond acceptors (Lipinski definition) is 4. The molecule has 0 aromatic heterocycles. The van der Waals surface area contributed by atoms with Gasteiger partial charge in [0.25, 0.3) is 0 Å². The van der Waals surface area contributed by atoms with Crippen molar-refractivity contribution in [1.29, 1.82) is 0 Å². The molecule has 4 aliphatic rings. The lowest BCUT2D eigenvalue weighted by Gasteiger charge is -2.23. The predicted molar refractivity (Wildman–Crippen MR) is 161 cm³/mol.